The number of rotatable bonds is 1. The molecule has 2 radical (unpaired) electrons. The highest BCUT2D eigenvalue weighted by atomic mass is 16.1. The minimum atomic E-state index is 0.442. The summed E-state index contributed by atoms with van der Waals surface area (Å²) in [7, 11) is 5.36. The van der Waals surface area contributed by atoms with E-state index in [0.717, 1.165) is 0 Å². The maximum absolute atomic E-state index is 10.1. The van der Waals surface area contributed by atoms with Gasteiger partial charge in [0.2, 0.25) is 0 Å². The summed E-state index contributed by atoms with van der Waals surface area (Å²) in [6, 6.07) is 1.59. The summed E-state index contributed by atoms with van der Waals surface area (Å²) in [5.41, 5.74) is 0.914. The van der Waals surface area contributed by atoms with Crippen LogP contribution in [0.4, 0.5) is 0 Å². The zero-order valence-corrected chi connectivity index (χ0v) is 4.74. The van der Waals surface area contributed by atoms with Gasteiger partial charge in [-0.1, -0.05) is 11.5 Å². The third kappa shape index (κ3) is 1.16. The molecular formula is C6H4BNO. The number of nitrogens with zero attached hydrogens (tertiary/aromatic N) is 1. The molecule has 1 aromatic heterocycles. The predicted molar refractivity (Wildman–Crippen MR) is 35.0 cm³/mol. The number of aldehydes is 1. The van der Waals surface area contributed by atoms with E-state index >= 15 is 0 Å². The molecule has 1 rings (SSSR count). The first-order valence-corrected chi connectivity index (χ1v) is 2.49. The fourth-order valence-electron chi connectivity index (χ4n) is 0.516. The first-order valence-electron chi connectivity index (χ1n) is 2.49. The zero-order chi connectivity index (χ0) is 6.69. The van der Waals surface area contributed by atoms with E-state index in [1.54, 1.807) is 12.3 Å². The van der Waals surface area contributed by atoms with Crippen LogP contribution in [0.3, 0.4) is 0 Å². The van der Waals surface area contributed by atoms with Crippen molar-refractivity contribution < 1.29 is 4.79 Å². The van der Waals surface area contributed by atoms with Crippen molar-refractivity contribution in [3.8, 4) is 0 Å². The van der Waals surface area contributed by atoms with Gasteiger partial charge in [0.05, 0.1) is 0 Å². The number of carbonyl (C=O) groups is 1. The summed E-state index contributed by atoms with van der Waals surface area (Å²) >= 11 is 0. The topological polar surface area (TPSA) is 30.0 Å². The molecule has 0 saturated carbocycles. The van der Waals surface area contributed by atoms with E-state index in [2.05, 4.69) is 4.98 Å². The van der Waals surface area contributed by atoms with Crippen molar-refractivity contribution in [2.75, 3.05) is 0 Å². The zero-order valence-electron chi connectivity index (χ0n) is 4.74. The maximum atomic E-state index is 10.1. The lowest BCUT2D eigenvalue weighted by atomic mass is 9.93. The van der Waals surface area contributed by atoms with Crippen molar-refractivity contribution in [1.29, 1.82) is 0 Å². The molecule has 0 fully saturated rings. The number of hydrogen-bond donors (Lipinski definition) is 0. The first-order chi connectivity index (χ1) is 4.34. The molecule has 0 bridgehead atoms. The van der Waals surface area contributed by atoms with Crippen LogP contribution in [0, 0.1) is 0 Å². The Kier molecular flexibility index (Phi) is 1.63. The standard InChI is InChI=1S/C6H4BNO/c7-6-1-2-8-3-5(6)4-9/h1-4H. The molecule has 0 saturated heterocycles. The fourth-order valence-corrected chi connectivity index (χ4v) is 0.516. The summed E-state index contributed by atoms with van der Waals surface area (Å²) in [6.07, 6.45) is 3.66. The second kappa shape index (κ2) is 2.44. The molecule has 0 aliphatic rings. The van der Waals surface area contributed by atoms with E-state index in [1.165, 1.54) is 6.20 Å². The molecule has 0 aliphatic carbocycles. The minimum Gasteiger partial charge on any atom is -0.298 e. The number of pyridine rings is 1. The van der Waals surface area contributed by atoms with Crippen molar-refractivity contribution in [3.05, 3.63) is 24.0 Å². The van der Waals surface area contributed by atoms with Crippen molar-refractivity contribution in [2.24, 2.45) is 0 Å². The molecule has 9 heavy (non-hydrogen) atoms. The van der Waals surface area contributed by atoms with Crippen LogP contribution in [0.15, 0.2) is 18.5 Å². The van der Waals surface area contributed by atoms with Crippen molar-refractivity contribution in [3.63, 3.8) is 0 Å². The lowest BCUT2D eigenvalue weighted by Crippen LogP contribution is -2.08. The van der Waals surface area contributed by atoms with Crippen LogP contribution in [0.25, 0.3) is 0 Å². The molecule has 0 N–H and O–H groups in total. The normalized spacial score (nSPS) is 8.89. The van der Waals surface area contributed by atoms with Gasteiger partial charge in [-0.15, -0.1) is 0 Å². The molecule has 0 atom stereocenters. The summed E-state index contributed by atoms with van der Waals surface area (Å²) in [4.78, 5) is 13.8. The predicted octanol–water partition coefficient (Wildman–Crippen LogP) is -0.312. The van der Waals surface area contributed by atoms with E-state index < -0.39 is 0 Å². The van der Waals surface area contributed by atoms with Gasteiger partial charge in [0, 0.05) is 18.0 Å². The lowest BCUT2D eigenvalue weighted by molar-refractivity contribution is 0.112. The molecular weight excluding hydrogens is 113 g/mol. The van der Waals surface area contributed by atoms with Gasteiger partial charge < -0.3 is 0 Å². The highest BCUT2D eigenvalue weighted by Gasteiger charge is 1.90. The Hall–Kier alpha value is -1.12. The van der Waals surface area contributed by atoms with Crippen LogP contribution < -0.4 is 5.46 Å². The monoisotopic (exact) mass is 117 g/mol. The van der Waals surface area contributed by atoms with E-state index in [-0.39, 0.29) is 0 Å². The molecule has 0 aromatic carbocycles. The first kappa shape index (κ1) is 6.01. The van der Waals surface area contributed by atoms with Crippen molar-refractivity contribution in [2.45, 2.75) is 0 Å². The molecule has 1 aromatic rings. The van der Waals surface area contributed by atoms with E-state index in [9.17, 15) is 4.79 Å². The average Bonchev–Trinajstić information content (AvgIpc) is 1.89. The second-order valence-corrected chi connectivity index (χ2v) is 1.62. The van der Waals surface area contributed by atoms with Gasteiger partial charge in [0.25, 0.3) is 0 Å². The van der Waals surface area contributed by atoms with Crippen LogP contribution in [-0.2, 0) is 0 Å². The Labute approximate surface area is 54.3 Å². The third-order valence-corrected chi connectivity index (χ3v) is 1.01. The molecule has 2 nitrogen and oxygen atoms in total. The maximum Gasteiger partial charge on any atom is 0.151 e. The van der Waals surface area contributed by atoms with Gasteiger partial charge in [0.15, 0.2) is 6.29 Å². The Balaban J connectivity index is 3.15. The highest BCUT2D eigenvalue weighted by Crippen LogP contribution is 1.83. The van der Waals surface area contributed by atoms with E-state index in [0.29, 0.717) is 17.3 Å². The van der Waals surface area contributed by atoms with E-state index in [4.69, 9.17) is 7.85 Å². The van der Waals surface area contributed by atoms with Gasteiger partial charge in [0.1, 0.15) is 7.85 Å². The third-order valence-electron chi connectivity index (χ3n) is 1.01. The Morgan fingerprint density at radius 2 is 2.44 bits per heavy atom. The SMILES string of the molecule is [B]c1ccncc1C=O. The van der Waals surface area contributed by atoms with Gasteiger partial charge in [-0.2, -0.15) is 0 Å². The van der Waals surface area contributed by atoms with Crippen LogP contribution in [0.2, 0.25) is 0 Å². The fraction of sp³-hybridized carbons (Fsp3) is 0. The summed E-state index contributed by atoms with van der Waals surface area (Å²) < 4.78 is 0. The number of aromatic nitrogens is 1. The smallest absolute Gasteiger partial charge is 0.151 e. The van der Waals surface area contributed by atoms with Crippen molar-refractivity contribution >= 4 is 19.6 Å². The molecule has 0 unspecified atom stereocenters. The van der Waals surface area contributed by atoms with Gasteiger partial charge in [-0.25, -0.2) is 0 Å². The molecule has 0 amide bonds. The molecule has 0 spiro atoms. The molecule has 3 heteroatoms. The largest absolute Gasteiger partial charge is 0.298 e. The minimum absolute atomic E-state index is 0.442. The van der Waals surface area contributed by atoms with Crippen LogP contribution in [0.1, 0.15) is 10.4 Å². The van der Waals surface area contributed by atoms with Gasteiger partial charge >= 0.3 is 0 Å². The van der Waals surface area contributed by atoms with Crippen LogP contribution in [0.5, 0.6) is 0 Å². The lowest BCUT2D eigenvalue weighted by Gasteiger charge is -1.92. The van der Waals surface area contributed by atoms with Gasteiger partial charge in [-0.05, 0) is 0 Å². The Morgan fingerprint density at radius 1 is 1.67 bits per heavy atom. The molecule has 1 heterocycles. The average molecular weight is 117 g/mol. The molecule has 42 valence electrons. The van der Waals surface area contributed by atoms with Crippen LogP contribution in [-0.4, -0.2) is 19.1 Å². The quantitative estimate of drug-likeness (QED) is 0.373. The van der Waals surface area contributed by atoms with Crippen LogP contribution >= 0.6 is 0 Å². The van der Waals surface area contributed by atoms with E-state index in [1.807, 2.05) is 0 Å². The second-order valence-electron chi connectivity index (χ2n) is 1.62. The summed E-state index contributed by atoms with van der Waals surface area (Å²) in [6.45, 7) is 0. The van der Waals surface area contributed by atoms with Crippen molar-refractivity contribution in [1.82, 2.24) is 4.98 Å². The Morgan fingerprint density at radius 3 is 2.89 bits per heavy atom. The Bertz CT molecular complexity index is 224. The summed E-state index contributed by atoms with van der Waals surface area (Å²) in [5.74, 6) is 0. The highest BCUT2D eigenvalue weighted by molar-refractivity contribution is 6.35. The van der Waals surface area contributed by atoms with Gasteiger partial charge in [-0.3, -0.25) is 9.78 Å². The summed E-state index contributed by atoms with van der Waals surface area (Å²) in [5, 5.41) is 0. The number of carbonyl (C=O) groups excluding carboxylic acids is 1. The number of hydrogen-bond acceptors (Lipinski definition) is 2. The molecule has 0 aliphatic heterocycles.